The van der Waals surface area contributed by atoms with Gasteiger partial charge < -0.3 is 55.5 Å². The van der Waals surface area contributed by atoms with Gasteiger partial charge in [0.25, 0.3) is 0 Å². The maximum Gasteiger partial charge on any atom is 0.326 e. The van der Waals surface area contributed by atoms with Crippen LogP contribution >= 0.6 is 0 Å². The fourth-order valence-corrected chi connectivity index (χ4v) is 5.94. The average Bonchev–Trinajstić information content (AvgIpc) is 3.11. The molecule has 0 aliphatic rings. The van der Waals surface area contributed by atoms with Crippen molar-refractivity contribution in [2.24, 2.45) is 67.1 Å². The first-order chi connectivity index (χ1) is 26.8. The quantitative estimate of drug-likeness (QED) is 0.0238. The minimum absolute atomic E-state index is 0.0156. The van der Waals surface area contributed by atoms with Crippen LogP contribution in [0.4, 0.5) is 0 Å². The third-order valence-electron chi connectivity index (χ3n) is 9.11. The summed E-state index contributed by atoms with van der Waals surface area (Å²) < 4.78 is 0. The Hall–Kier alpha value is -4.81. The van der Waals surface area contributed by atoms with Gasteiger partial charge >= 0.3 is 5.97 Å². The molecular formula is C38H72N12O7. The Morgan fingerprint density at radius 1 is 0.561 bits per heavy atom. The molecule has 0 rings (SSSR count). The molecule has 19 heteroatoms. The molecule has 0 aromatic heterocycles. The van der Waals surface area contributed by atoms with Gasteiger partial charge in [-0.3, -0.25) is 38.9 Å². The summed E-state index contributed by atoms with van der Waals surface area (Å²) in [6.45, 7) is 9.38. The Labute approximate surface area is 337 Å². The number of guanidine groups is 3. The Bertz CT molecular complexity index is 1340. The first kappa shape index (κ1) is 52.2. The summed E-state index contributed by atoms with van der Waals surface area (Å²) in [6, 6.07) is -1.87. The van der Waals surface area contributed by atoms with Gasteiger partial charge in [-0.2, -0.15) is 0 Å². The molecule has 326 valence electrons. The fraction of sp³-hybridized carbons (Fsp3) is 0.763. The maximum atomic E-state index is 13.9. The molecule has 4 atom stereocenters. The molecule has 0 bridgehead atoms. The van der Waals surface area contributed by atoms with Gasteiger partial charge in [0, 0.05) is 69.6 Å². The number of carboxylic acid groups (broad SMARTS) is 1. The van der Waals surface area contributed by atoms with Gasteiger partial charge in [-0.25, -0.2) is 4.79 Å². The molecule has 57 heavy (non-hydrogen) atoms. The van der Waals surface area contributed by atoms with Gasteiger partial charge in [0.15, 0.2) is 23.7 Å². The van der Waals surface area contributed by atoms with E-state index in [0.717, 1.165) is 6.42 Å². The Morgan fingerprint density at radius 3 is 1.60 bits per heavy atom. The van der Waals surface area contributed by atoms with E-state index in [1.165, 1.54) is 0 Å². The van der Waals surface area contributed by atoms with Crippen molar-refractivity contribution in [3.05, 3.63) is 0 Å². The first-order valence-corrected chi connectivity index (χ1v) is 20.1. The second kappa shape index (κ2) is 30.3. The van der Waals surface area contributed by atoms with Crippen LogP contribution in [0, 0.1) is 17.8 Å². The van der Waals surface area contributed by atoms with Crippen molar-refractivity contribution in [2.75, 3.05) is 26.2 Å². The fourth-order valence-electron chi connectivity index (χ4n) is 5.94. The number of carboxylic acids is 1. The zero-order valence-electron chi connectivity index (χ0n) is 34.6. The number of hydrogen-bond acceptors (Lipinski definition) is 10. The Morgan fingerprint density at radius 2 is 1.09 bits per heavy atom. The molecule has 0 aromatic rings. The molecule has 4 unspecified atom stereocenters. The number of rotatable bonds is 34. The highest BCUT2D eigenvalue weighted by Crippen LogP contribution is 2.23. The predicted molar refractivity (Wildman–Crippen MR) is 223 cm³/mol. The highest BCUT2D eigenvalue weighted by molar-refractivity contribution is 5.95. The van der Waals surface area contributed by atoms with E-state index in [1.807, 2.05) is 27.7 Å². The van der Waals surface area contributed by atoms with E-state index in [0.29, 0.717) is 63.5 Å². The van der Waals surface area contributed by atoms with Gasteiger partial charge in [-0.15, -0.1) is 0 Å². The minimum atomic E-state index is -1.17. The van der Waals surface area contributed by atoms with Gasteiger partial charge in [0.1, 0.15) is 17.6 Å². The van der Waals surface area contributed by atoms with E-state index in [1.54, 1.807) is 0 Å². The van der Waals surface area contributed by atoms with Crippen LogP contribution in [-0.4, -0.2) is 102 Å². The van der Waals surface area contributed by atoms with Gasteiger partial charge in [0.05, 0.1) is 6.04 Å². The zero-order chi connectivity index (χ0) is 43.3. The van der Waals surface area contributed by atoms with Crippen molar-refractivity contribution in [1.82, 2.24) is 16.0 Å². The van der Waals surface area contributed by atoms with Crippen LogP contribution in [0.5, 0.6) is 0 Å². The summed E-state index contributed by atoms with van der Waals surface area (Å²) in [6.07, 6.45) is 3.49. The number of Topliss-reactive ketones (excluding diaryl/α,β-unsaturated/α-hetero) is 3. The minimum Gasteiger partial charge on any atom is -0.480 e. The summed E-state index contributed by atoms with van der Waals surface area (Å²) >= 11 is 0. The van der Waals surface area contributed by atoms with E-state index in [9.17, 15) is 33.9 Å². The first-order valence-electron chi connectivity index (χ1n) is 20.1. The van der Waals surface area contributed by atoms with Crippen molar-refractivity contribution in [3.8, 4) is 0 Å². The topological polar surface area (TPSA) is 352 Å². The largest absolute Gasteiger partial charge is 0.480 e. The average molecular weight is 809 g/mol. The molecule has 0 radical (unpaired) electrons. The number of amides is 2. The number of aliphatic carboxylic acids is 1. The molecule has 0 aliphatic carbocycles. The van der Waals surface area contributed by atoms with Gasteiger partial charge in [-0.1, -0.05) is 27.7 Å². The summed E-state index contributed by atoms with van der Waals surface area (Å²) in [7, 11) is 0. The van der Waals surface area contributed by atoms with Crippen LogP contribution in [0.2, 0.25) is 0 Å². The normalized spacial score (nSPS) is 13.2. The lowest BCUT2D eigenvalue weighted by atomic mass is 9.84. The van der Waals surface area contributed by atoms with Crippen molar-refractivity contribution < 1.29 is 33.9 Å². The predicted octanol–water partition coefficient (Wildman–Crippen LogP) is 0.306. The number of hydrogen-bond donors (Lipinski definition) is 10. The smallest absolute Gasteiger partial charge is 0.326 e. The number of unbranched alkanes of at least 4 members (excludes halogenated alkanes) is 1. The van der Waals surface area contributed by atoms with Crippen LogP contribution in [0.25, 0.3) is 0 Å². The van der Waals surface area contributed by atoms with Gasteiger partial charge in [-0.05, 0) is 76.7 Å². The lowest BCUT2D eigenvalue weighted by Gasteiger charge is -2.23. The number of nitrogens with two attached hydrogens (primary N) is 6. The molecule has 19 nitrogen and oxygen atoms in total. The van der Waals surface area contributed by atoms with Crippen molar-refractivity contribution in [3.63, 3.8) is 0 Å². The molecule has 0 saturated carbocycles. The Kier molecular flexibility index (Phi) is 27.8. The van der Waals surface area contributed by atoms with E-state index in [-0.39, 0.29) is 94.0 Å². The third kappa shape index (κ3) is 28.3. The summed E-state index contributed by atoms with van der Waals surface area (Å²) in [5.41, 5.74) is 32.8. The van der Waals surface area contributed by atoms with Crippen LogP contribution < -0.4 is 50.4 Å². The SMILES string of the molecule is CC(C)CCC(=O)CC(CCCN=C(N)N)C(=O)CC(CCCN=C(N)N)C(=O)NC(CCCN=C(N)N)C(=O)CCC(=O)NC(CCCCNC(C)C)C(=O)O. The lowest BCUT2D eigenvalue weighted by Crippen LogP contribution is -2.45. The molecule has 0 heterocycles. The third-order valence-corrected chi connectivity index (χ3v) is 9.11. The molecule has 0 saturated heterocycles. The number of carbonyl (C=O) groups excluding carboxylic acids is 5. The zero-order valence-corrected chi connectivity index (χ0v) is 34.6. The summed E-state index contributed by atoms with van der Waals surface area (Å²) in [5, 5.41) is 18.2. The van der Waals surface area contributed by atoms with Crippen LogP contribution in [-0.2, 0) is 28.8 Å². The van der Waals surface area contributed by atoms with Crippen LogP contribution in [0.15, 0.2) is 15.0 Å². The highest BCUT2D eigenvalue weighted by Gasteiger charge is 2.30. The highest BCUT2D eigenvalue weighted by atomic mass is 16.4. The van der Waals surface area contributed by atoms with E-state index in [2.05, 4.69) is 30.9 Å². The molecule has 2 amide bonds. The van der Waals surface area contributed by atoms with E-state index < -0.39 is 47.5 Å². The molecule has 0 aliphatic heterocycles. The molecule has 16 N–H and O–H groups in total. The van der Waals surface area contributed by atoms with Crippen molar-refractivity contribution in [1.29, 1.82) is 0 Å². The lowest BCUT2D eigenvalue weighted by molar-refractivity contribution is -0.142. The number of ketones is 3. The molecule has 0 spiro atoms. The maximum absolute atomic E-state index is 13.9. The number of aliphatic imine (C=N–C) groups is 3. The van der Waals surface area contributed by atoms with Crippen molar-refractivity contribution in [2.45, 2.75) is 142 Å². The molecule has 0 fully saturated rings. The number of carbonyl (C=O) groups is 6. The summed E-state index contributed by atoms with van der Waals surface area (Å²) in [5.74, 6) is -4.78. The number of nitrogens with one attached hydrogen (secondary N) is 3. The number of nitrogens with zero attached hydrogens (tertiary/aromatic N) is 3. The van der Waals surface area contributed by atoms with Crippen LogP contribution in [0.1, 0.15) is 124 Å². The second-order valence-corrected chi connectivity index (χ2v) is 15.2. The molecule has 0 aromatic carbocycles. The monoisotopic (exact) mass is 809 g/mol. The van der Waals surface area contributed by atoms with Gasteiger partial charge in [0.2, 0.25) is 11.8 Å². The molecular weight excluding hydrogens is 736 g/mol. The van der Waals surface area contributed by atoms with Crippen LogP contribution in [0.3, 0.4) is 0 Å². The van der Waals surface area contributed by atoms with Crippen molar-refractivity contribution >= 4 is 53.0 Å². The standard InChI is InChI=1S/C38H72N12O7/c1-24(2)14-15-28(51)22-26(10-7-19-46-36(39)40)32(53)23-27(11-8-20-47-37(41)42)34(55)50-29(13-9-21-48-38(43)44)31(52)16-17-33(54)49-30(35(56)57)12-5-6-18-45-25(3)4/h24-27,29-30,45H,5-23H2,1-4H3,(H,49,54)(H,50,55)(H,56,57)(H4,39,40,46)(H4,41,42,47)(H4,43,44,48). The second-order valence-electron chi connectivity index (χ2n) is 15.2. The van der Waals surface area contributed by atoms with E-state index in [4.69, 9.17) is 34.4 Å². The van der Waals surface area contributed by atoms with E-state index >= 15 is 0 Å². The summed E-state index contributed by atoms with van der Waals surface area (Å²) in [4.78, 5) is 90.8. The Balaban J connectivity index is 6.05.